The van der Waals surface area contributed by atoms with Gasteiger partial charge in [-0.05, 0) is 26.8 Å². The molecule has 0 saturated heterocycles. The van der Waals surface area contributed by atoms with Gasteiger partial charge in [-0.2, -0.15) is 0 Å². The van der Waals surface area contributed by atoms with Gasteiger partial charge in [0.1, 0.15) is 5.69 Å². The molecule has 0 radical (unpaired) electrons. The van der Waals surface area contributed by atoms with E-state index in [0.717, 1.165) is 0 Å². The second kappa shape index (κ2) is 3.42. The molecule has 72 valence electrons. The number of halogens is 1. The molecule has 0 aliphatic rings. The van der Waals surface area contributed by atoms with Gasteiger partial charge >= 0.3 is 0 Å². The average Bonchev–Trinajstić information content (AvgIpc) is 2.31. The zero-order chi connectivity index (χ0) is 10.1. The predicted molar refractivity (Wildman–Crippen MR) is 53.0 cm³/mol. The summed E-state index contributed by atoms with van der Waals surface area (Å²) in [4.78, 5) is 14.3. The average molecular weight is 201 g/mol. The lowest BCUT2D eigenvalue weighted by molar-refractivity contribution is 0.0915. The van der Waals surface area contributed by atoms with E-state index >= 15 is 0 Å². The Morgan fingerprint density at radius 1 is 1.54 bits per heavy atom. The topological polar surface area (TPSA) is 44.9 Å². The lowest BCUT2D eigenvalue weighted by atomic mass is 10.1. The van der Waals surface area contributed by atoms with Crippen molar-refractivity contribution in [3.05, 3.63) is 23.0 Å². The second-order valence-corrected chi connectivity index (χ2v) is 4.37. The zero-order valence-corrected chi connectivity index (χ0v) is 8.70. The van der Waals surface area contributed by atoms with E-state index in [4.69, 9.17) is 11.6 Å². The Labute approximate surface area is 82.5 Å². The largest absolute Gasteiger partial charge is 0.356 e. The number of hydrogen-bond donors (Lipinski definition) is 2. The van der Waals surface area contributed by atoms with E-state index in [1.54, 1.807) is 12.3 Å². The first-order valence-corrected chi connectivity index (χ1v) is 4.43. The molecule has 1 amide bonds. The van der Waals surface area contributed by atoms with Crippen LogP contribution in [-0.2, 0) is 0 Å². The minimum absolute atomic E-state index is 0.139. The van der Waals surface area contributed by atoms with Crippen LogP contribution < -0.4 is 5.32 Å². The number of carbonyl (C=O) groups excluding carboxylic acids is 1. The molecule has 0 aliphatic heterocycles. The number of H-pyrrole nitrogens is 1. The summed E-state index contributed by atoms with van der Waals surface area (Å²) in [6.07, 6.45) is 1.58. The highest BCUT2D eigenvalue weighted by molar-refractivity contribution is 6.30. The molecule has 4 heteroatoms. The molecule has 1 rings (SSSR count). The van der Waals surface area contributed by atoms with Gasteiger partial charge in [0.05, 0.1) is 5.02 Å². The molecule has 0 spiro atoms. The summed E-state index contributed by atoms with van der Waals surface area (Å²) in [5.74, 6) is -0.139. The van der Waals surface area contributed by atoms with Gasteiger partial charge in [0.15, 0.2) is 0 Å². The highest BCUT2D eigenvalue weighted by Gasteiger charge is 2.15. The molecule has 0 aromatic carbocycles. The summed E-state index contributed by atoms with van der Waals surface area (Å²) in [5, 5.41) is 3.36. The van der Waals surface area contributed by atoms with Crippen molar-refractivity contribution in [2.75, 3.05) is 0 Å². The van der Waals surface area contributed by atoms with E-state index < -0.39 is 0 Å². The summed E-state index contributed by atoms with van der Waals surface area (Å²) >= 11 is 5.66. The Morgan fingerprint density at radius 2 is 2.15 bits per heavy atom. The molecule has 0 atom stereocenters. The standard InChI is InChI=1S/C9H13ClN2O/c1-9(2,3)12-8(13)7-4-6(10)5-11-7/h4-5,11H,1-3H3,(H,12,13). The number of carbonyl (C=O) groups is 1. The van der Waals surface area contributed by atoms with E-state index in [9.17, 15) is 4.79 Å². The molecule has 0 bridgehead atoms. The van der Waals surface area contributed by atoms with E-state index in [1.807, 2.05) is 20.8 Å². The fraction of sp³-hybridized carbons (Fsp3) is 0.444. The first-order valence-electron chi connectivity index (χ1n) is 4.05. The van der Waals surface area contributed by atoms with Gasteiger partial charge < -0.3 is 10.3 Å². The number of rotatable bonds is 1. The van der Waals surface area contributed by atoms with Crippen LogP contribution in [0.5, 0.6) is 0 Å². The number of amides is 1. The number of aromatic amines is 1. The van der Waals surface area contributed by atoms with Gasteiger partial charge in [0, 0.05) is 11.7 Å². The van der Waals surface area contributed by atoms with Crippen LogP contribution in [0, 0.1) is 0 Å². The SMILES string of the molecule is CC(C)(C)NC(=O)c1cc(Cl)c[nH]1. The normalized spacial score (nSPS) is 11.4. The van der Waals surface area contributed by atoms with Gasteiger partial charge in [-0.3, -0.25) is 4.79 Å². The molecule has 1 heterocycles. The Bertz CT molecular complexity index is 312. The highest BCUT2D eigenvalue weighted by Crippen LogP contribution is 2.10. The van der Waals surface area contributed by atoms with E-state index in [1.165, 1.54) is 0 Å². The summed E-state index contributed by atoms with van der Waals surface area (Å²) in [6, 6.07) is 1.60. The lowest BCUT2D eigenvalue weighted by Crippen LogP contribution is -2.40. The fourth-order valence-corrected chi connectivity index (χ4v) is 1.07. The molecule has 0 fully saturated rings. The summed E-state index contributed by atoms with van der Waals surface area (Å²) < 4.78 is 0. The van der Waals surface area contributed by atoms with Crippen LogP contribution in [0.1, 0.15) is 31.3 Å². The molecule has 13 heavy (non-hydrogen) atoms. The number of aromatic nitrogens is 1. The summed E-state index contributed by atoms with van der Waals surface area (Å²) in [7, 11) is 0. The van der Waals surface area contributed by atoms with E-state index in [0.29, 0.717) is 10.7 Å². The number of nitrogens with one attached hydrogen (secondary N) is 2. The van der Waals surface area contributed by atoms with Crippen LogP contribution in [0.15, 0.2) is 12.3 Å². The van der Waals surface area contributed by atoms with Crippen LogP contribution in [0.25, 0.3) is 0 Å². The number of hydrogen-bond acceptors (Lipinski definition) is 1. The van der Waals surface area contributed by atoms with Crippen molar-refractivity contribution in [1.82, 2.24) is 10.3 Å². The van der Waals surface area contributed by atoms with Crippen molar-refractivity contribution in [2.24, 2.45) is 0 Å². The van der Waals surface area contributed by atoms with Crippen molar-refractivity contribution in [1.29, 1.82) is 0 Å². The molecule has 1 aromatic rings. The monoisotopic (exact) mass is 200 g/mol. The molecule has 2 N–H and O–H groups in total. The van der Waals surface area contributed by atoms with Crippen molar-refractivity contribution < 1.29 is 4.79 Å². The van der Waals surface area contributed by atoms with Crippen LogP contribution in [0.4, 0.5) is 0 Å². The third-order valence-electron chi connectivity index (χ3n) is 1.38. The molecule has 1 aromatic heterocycles. The van der Waals surface area contributed by atoms with Crippen LogP contribution in [0.3, 0.4) is 0 Å². The first kappa shape index (κ1) is 10.1. The maximum Gasteiger partial charge on any atom is 0.268 e. The summed E-state index contributed by atoms with van der Waals surface area (Å²) in [6.45, 7) is 5.78. The first-order chi connectivity index (χ1) is 5.88. The van der Waals surface area contributed by atoms with Crippen molar-refractivity contribution >= 4 is 17.5 Å². The fourth-order valence-electron chi connectivity index (χ4n) is 0.907. The maximum atomic E-state index is 11.5. The van der Waals surface area contributed by atoms with Gasteiger partial charge in [0.25, 0.3) is 5.91 Å². The molecule has 0 unspecified atom stereocenters. The molecular weight excluding hydrogens is 188 g/mol. The Balaban J connectivity index is 2.70. The third-order valence-corrected chi connectivity index (χ3v) is 1.60. The minimum Gasteiger partial charge on any atom is -0.356 e. The minimum atomic E-state index is -0.228. The molecule has 0 aliphatic carbocycles. The highest BCUT2D eigenvalue weighted by atomic mass is 35.5. The van der Waals surface area contributed by atoms with Crippen LogP contribution >= 0.6 is 11.6 Å². The maximum absolute atomic E-state index is 11.5. The van der Waals surface area contributed by atoms with E-state index in [2.05, 4.69) is 10.3 Å². The quantitative estimate of drug-likeness (QED) is 0.717. The molecule has 3 nitrogen and oxygen atoms in total. The van der Waals surface area contributed by atoms with Crippen molar-refractivity contribution in [3.63, 3.8) is 0 Å². The van der Waals surface area contributed by atoms with E-state index in [-0.39, 0.29) is 11.4 Å². The predicted octanol–water partition coefficient (Wildman–Crippen LogP) is 2.20. The van der Waals surface area contributed by atoms with Crippen LogP contribution in [-0.4, -0.2) is 16.4 Å². The van der Waals surface area contributed by atoms with Crippen molar-refractivity contribution in [3.8, 4) is 0 Å². The Morgan fingerprint density at radius 3 is 2.54 bits per heavy atom. The Hall–Kier alpha value is -0.960. The zero-order valence-electron chi connectivity index (χ0n) is 7.94. The van der Waals surface area contributed by atoms with Gasteiger partial charge in [-0.1, -0.05) is 11.6 Å². The molecule has 0 saturated carbocycles. The third kappa shape index (κ3) is 3.11. The van der Waals surface area contributed by atoms with Crippen LogP contribution in [0.2, 0.25) is 5.02 Å². The van der Waals surface area contributed by atoms with Crippen molar-refractivity contribution in [2.45, 2.75) is 26.3 Å². The second-order valence-electron chi connectivity index (χ2n) is 3.94. The van der Waals surface area contributed by atoms with Gasteiger partial charge in [0.2, 0.25) is 0 Å². The summed E-state index contributed by atoms with van der Waals surface area (Å²) in [5.41, 5.74) is 0.259. The Kier molecular flexibility index (Phi) is 2.66. The van der Waals surface area contributed by atoms with Gasteiger partial charge in [-0.15, -0.1) is 0 Å². The van der Waals surface area contributed by atoms with Gasteiger partial charge in [-0.25, -0.2) is 0 Å². The lowest BCUT2D eigenvalue weighted by Gasteiger charge is -2.19. The smallest absolute Gasteiger partial charge is 0.268 e. The molecular formula is C9H13ClN2O.